The molecule has 7 heteroatoms. The van der Waals surface area contributed by atoms with Gasteiger partial charge in [0, 0.05) is 37.1 Å². The average Bonchev–Trinajstić information content (AvgIpc) is 2.77. The van der Waals surface area contributed by atoms with E-state index in [4.69, 9.17) is 0 Å². The normalized spacial score (nSPS) is 14.4. The Morgan fingerprint density at radius 1 is 0.933 bits per heavy atom. The molecule has 1 aromatic heterocycles. The van der Waals surface area contributed by atoms with Crippen molar-refractivity contribution in [1.29, 1.82) is 0 Å². The number of amides is 1. The first-order valence-corrected chi connectivity index (χ1v) is 9.64. The van der Waals surface area contributed by atoms with Gasteiger partial charge < -0.3 is 9.88 Å². The zero-order valence-electron chi connectivity index (χ0n) is 16.1. The van der Waals surface area contributed by atoms with Crippen LogP contribution in [0.1, 0.15) is 39.3 Å². The third kappa shape index (κ3) is 4.10. The van der Waals surface area contributed by atoms with Crippen LogP contribution in [0.15, 0.2) is 59.4 Å². The molecular weight excluding hydrogens is 382 g/mol. The number of hydrogen-bond acceptors (Lipinski definition) is 5. The molecule has 150 valence electrons. The number of hydrogen-bond donors (Lipinski definition) is 1. The quantitative estimate of drug-likeness (QED) is 0.535. The molecule has 0 spiro atoms. The van der Waals surface area contributed by atoms with Crippen LogP contribution in [-0.4, -0.2) is 45.4 Å². The number of aromatic nitrogens is 2. The van der Waals surface area contributed by atoms with Crippen LogP contribution in [-0.2, 0) is 4.79 Å². The van der Waals surface area contributed by atoms with Gasteiger partial charge in [-0.15, -0.1) is 0 Å². The summed E-state index contributed by atoms with van der Waals surface area (Å²) in [6.45, 7) is 0.850. The van der Waals surface area contributed by atoms with Gasteiger partial charge in [0.25, 0.3) is 11.5 Å². The minimum atomic E-state index is -0.376. The summed E-state index contributed by atoms with van der Waals surface area (Å²) in [7, 11) is 0. The highest BCUT2D eigenvalue weighted by atomic mass is 16.2. The summed E-state index contributed by atoms with van der Waals surface area (Å²) >= 11 is 0. The standard InChI is InChI=1S/C23H19N3O4/c27-17-11-13-26(14-12-17)23(30)16-7-5-15(6-8-16)21(28)10-9-20-22(29)25-19-4-2-1-3-18(19)24-20/h1-10H,11-14H2,(H,25,29). The fourth-order valence-corrected chi connectivity index (χ4v) is 3.33. The van der Waals surface area contributed by atoms with Gasteiger partial charge in [-0.25, -0.2) is 4.98 Å². The van der Waals surface area contributed by atoms with Gasteiger partial charge in [-0.2, -0.15) is 0 Å². The Morgan fingerprint density at radius 3 is 2.33 bits per heavy atom. The van der Waals surface area contributed by atoms with E-state index in [2.05, 4.69) is 9.97 Å². The number of nitrogens with zero attached hydrogens (tertiary/aromatic N) is 2. The summed E-state index contributed by atoms with van der Waals surface area (Å²) in [4.78, 5) is 57.1. The van der Waals surface area contributed by atoms with E-state index < -0.39 is 0 Å². The average molecular weight is 401 g/mol. The second-order valence-electron chi connectivity index (χ2n) is 7.07. The maximum Gasteiger partial charge on any atom is 0.274 e. The highest BCUT2D eigenvalue weighted by Crippen LogP contribution is 2.13. The predicted molar refractivity (Wildman–Crippen MR) is 112 cm³/mol. The number of carbonyl (C=O) groups is 3. The number of H-pyrrole nitrogens is 1. The molecule has 2 aromatic carbocycles. The number of aromatic amines is 1. The summed E-state index contributed by atoms with van der Waals surface area (Å²) in [6, 6.07) is 13.5. The number of rotatable bonds is 4. The minimum Gasteiger partial charge on any atom is -0.338 e. The first-order valence-electron chi connectivity index (χ1n) is 9.64. The van der Waals surface area contributed by atoms with Crippen LogP contribution in [0.25, 0.3) is 17.1 Å². The van der Waals surface area contributed by atoms with Gasteiger partial charge in [-0.3, -0.25) is 19.2 Å². The largest absolute Gasteiger partial charge is 0.338 e. The van der Waals surface area contributed by atoms with Crippen molar-refractivity contribution in [2.45, 2.75) is 12.8 Å². The third-order valence-corrected chi connectivity index (χ3v) is 5.04. The summed E-state index contributed by atoms with van der Waals surface area (Å²) < 4.78 is 0. The molecule has 4 rings (SSSR count). The lowest BCUT2D eigenvalue weighted by Gasteiger charge is -2.26. The maximum atomic E-state index is 12.5. The maximum absolute atomic E-state index is 12.5. The molecular formula is C23H19N3O4. The van der Waals surface area contributed by atoms with E-state index in [1.54, 1.807) is 47.4 Å². The van der Waals surface area contributed by atoms with Crippen LogP contribution in [0.4, 0.5) is 0 Å². The van der Waals surface area contributed by atoms with Crippen molar-refractivity contribution in [2.75, 3.05) is 13.1 Å². The summed E-state index contributed by atoms with van der Waals surface area (Å²) in [6.07, 6.45) is 3.45. The molecule has 1 fully saturated rings. The predicted octanol–water partition coefficient (Wildman–Crippen LogP) is 2.62. The lowest BCUT2D eigenvalue weighted by Crippen LogP contribution is -2.38. The van der Waals surface area contributed by atoms with Crippen molar-refractivity contribution in [1.82, 2.24) is 14.9 Å². The van der Waals surface area contributed by atoms with E-state index in [0.717, 1.165) is 0 Å². The fourth-order valence-electron chi connectivity index (χ4n) is 3.33. The highest BCUT2D eigenvalue weighted by Gasteiger charge is 2.21. The number of nitrogens with one attached hydrogen (secondary N) is 1. The molecule has 1 saturated heterocycles. The zero-order chi connectivity index (χ0) is 21.1. The molecule has 7 nitrogen and oxygen atoms in total. The number of Topliss-reactive ketones (excluding diaryl/α,β-unsaturated/α-hetero) is 1. The van der Waals surface area contributed by atoms with E-state index in [0.29, 0.717) is 48.1 Å². The van der Waals surface area contributed by atoms with Crippen LogP contribution >= 0.6 is 0 Å². The Kier molecular flexibility index (Phi) is 5.34. The number of ketones is 2. The third-order valence-electron chi connectivity index (χ3n) is 5.04. The summed E-state index contributed by atoms with van der Waals surface area (Å²) in [5.41, 5.74) is 1.90. The Balaban J connectivity index is 1.47. The van der Waals surface area contributed by atoms with Gasteiger partial charge in [-0.05, 0) is 36.4 Å². The summed E-state index contributed by atoms with van der Waals surface area (Å²) in [5, 5.41) is 0. The molecule has 3 aromatic rings. The Hall–Kier alpha value is -3.87. The minimum absolute atomic E-state index is 0.147. The van der Waals surface area contributed by atoms with Crippen LogP contribution in [0.5, 0.6) is 0 Å². The van der Waals surface area contributed by atoms with Gasteiger partial charge in [-0.1, -0.05) is 24.3 Å². The number of piperidine rings is 1. The number of likely N-dealkylation sites (tertiary alicyclic amines) is 1. The molecule has 0 radical (unpaired) electrons. The van der Waals surface area contributed by atoms with E-state index in [-0.39, 0.29) is 28.7 Å². The fraction of sp³-hybridized carbons (Fsp3) is 0.174. The zero-order valence-corrected chi connectivity index (χ0v) is 16.1. The van der Waals surface area contributed by atoms with Gasteiger partial charge in [0.05, 0.1) is 11.0 Å². The molecule has 0 atom stereocenters. The van der Waals surface area contributed by atoms with Gasteiger partial charge >= 0.3 is 0 Å². The van der Waals surface area contributed by atoms with Gasteiger partial charge in [0.1, 0.15) is 11.5 Å². The number of benzene rings is 2. The van der Waals surface area contributed by atoms with Gasteiger partial charge in [0.15, 0.2) is 5.78 Å². The van der Waals surface area contributed by atoms with E-state index in [9.17, 15) is 19.2 Å². The molecule has 0 saturated carbocycles. The second-order valence-corrected chi connectivity index (χ2v) is 7.07. The molecule has 1 aliphatic heterocycles. The lowest BCUT2D eigenvalue weighted by atomic mass is 10.0. The van der Waals surface area contributed by atoms with Crippen molar-refractivity contribution >= 4 is 34.6 Å². The number of carbonyl (C=O) groups excluding carboxylic acids is 3. The van der Waals surface area contributed by atoms with Crippen LogP contribution in [0.3, 0.4) is 0 Å². The Labute approximate surface area is 172 Å². The molecule has 0 aliphatic carbocycles. The number of allylic oxidation sites excluding steroid dienone is 1. The SMILES string of the molecule is O=C1CCN(C(=O)c2ccc(C(=O)C=Cc3nc4ccccc4[nH]c3=O)cc2)CC1. The van der Waals surface area contributed by atoms with Crippen molar-refractivity contribution in [3.63, 3.8) is 0 Å². The van der Waals surface area contributed by atoms with Crippen molar-refractivity contribution < 1.29 is 14.4 Å². The molecule has 2 heterocycles. The molecule has 0 bridgehead atoms. The van der Waals surface area contributed by atoms with Crippen LogP contribution in [0.2, 0.25) is 0 Å². The smallest absolute Gasteiger partial charge is 0.274 e. The first kappa shape index (κ1) is 19.4. The second kappa shape index (κ2) is 8.24. The van der Waals surface area contributed by atoms with Crippen molar-refractivity contribution in [2.24, 2.45) is 0 Å². The molecule has 0 unspecified atom stereocenters. The number of fused-ring (bicyclic) bond motifs is 1. The van der Waals surface area contributed by atoms with Crippen LogP contribution in [0, 0.1) is 0 Å². The van der Waals surface area contributed by atoms with Crippen molar-refractivity contribution in [3.8, 4) is 0 Å². The van der Waals surface area contributed by atoms with Crippen molar-refractivity contribution in [3.05, 3.63) is 81.8 Å². The van der Waals surface area contributed by atoms with Crippen LogP contribution < -0.4 is 5.56 Å². The topological polar surface area (TPSA) is 100 Å². The van der Waals surface area contributed by atoms with E-state index in [1.165, 1.54) is 12.2 Å². The highest BCUT2D eigenvalue weighted by molar-refractivity contribution is 6.07. The van der Waals surface area contributed by atoms with E-state index >= 15 is 0 Å². The molecule has 1 aliphatic rings. The van der Waals surface area contributed by atoms with E-state index in [1.807, 2.05) is 6.07 Å². The Morgan fingerprint density at radius 2 is 1.60 bits per heavy atom. The lowest BCUT2D eigenvalue weighted by molar-refractivity contribution is -0.120. The Bertz CT molecular complexity index is 1220. The first-order chi connectivity index (χ1) is 14.5. The molecule has 30 heavy (non-hydrogen) atoms. The molecule has 1 amide bonds. The van der Waals surface area contributed by atoms with Gasteiger partial charge in [0.2, 0.25) is 0 Å². The summed E-state index contributed by atoms with van der Waals surface area (Å²) in [5.74, 6) is -0.276. The number of para-hydroxylation sites is 2. The molecule has 1 N–H and O–H groups in total. The monoisotopic (exact) mass is 401 g/mol.